The highest BCUT2D eigenvalue weighted by molar-refractivity contribution is 6.03. The van der Waals surface area contributed by atoms with Crippen molar-refractivity contribution in [3.8, 4) is 0 Å². The van der Waals surface area contributed by atoms with Gasteiger partial charge < -0.3 is 9.47 Å². The summed E-state index contributed by atoms with van der Waals surface area (Å²) in [5.74, 6) is 1.16. The van der Waals surface area contributed by atoms with Gasteiger partial charge in [0, 0.05) is 5.56 Å². The fourth-order valence-corrected chi connectivity index (χ4v) is 5.27. The minimum atomic E-state index is -0.619. The first-order valence-corrected chi connectivity index (χ1v) is 8.86. The van der Waals surface area contributed by atoms with E-state index in [2.05, 4.69) is 0 Å². The molecule has 2 saturated heterocycles. The lowest BCUT2D eigenvalue weighted by Gasteiger charge is -2.57. The van der Waals surface area contributed by atoms with Crippen LogP contribution in [0, 0.1) is 5.92 Å². The predicted molar refractivity (Wildman–Crippen MR) is 88.5 cm³/mol. The van der Waals surface area contributed by atoms with Crippen LogP contribution >= 0.6 is 0 Å². The van der Waals surface area contributed by atoms with Gasteiger partial charge in [0.1, 0.15) is 11.1 Å². The Balaban J connectivity index is 1.66. The van der Waals surface area contributed by atoms with Crippen LogP contribution in [0.2, 0.25) is 0 Å². The van der Waals surface area contributed by atoms with Gasteiger partial charge in [-0.05, 0) is 25.2 Å². The topological polar surface area (TPSA) is 51.1 Å². The maximum Gasteiger partial charge on any atom is 0.254 e. The molecule has 4 aliphatic heterocycles. The molecule has 1 amide bonds. The Morgan fingerprint density at radius 1 is 1.29 bits per heavy atom. The van der Waals surface area contributed by atoms with E-state index >= 15 is 0 Å². The fourth-order valence-electron chi connectivity index (χ4n) is 5.27. The summed E-state index contributed by atoms with van der Waals surface area (Å²) in [7, 11) is 1.67. The Hall–Kier alpha value is -1.88. The molecule has 5 nitrogen and oxygen atoms in total. The van der Waals surface area contributed by atoms with Crippen molar-refractivity contribution in [2.75, 3.05) is 13.7 Å². The molecular formula is C19H22N2O3. The summed E-state index contributed by atoms with van der Waals surface area (Å²) in [4.78, 5) is 20.4. The van der Waals surface area contributed by atoms with Crippen LogP contribution in [0.15, 0.2) is 35.3 Å². The van der Waals surface area contributed by atoms with Crippen molar-refractivity contribution < 1.29 is 14.3 Å². The highest BCUT2D eigenvalue weighted by atomic mass is 16.5. The standard InChI is InChI=1S/C19H22N2O3/c1-23-16-18-11-14-9-5-6-10-19(14,20-16)17(22)21(18)15(24-12-18)13-7-3-2-4-8-13/h2-4,7-8,14-15H,5-6,9-12H2,1H3/t14-,15-,18?,19?/m1/s1. The fraction of sp³-hybridized carbons (Fsp3) is 0.579. The third-order valence-electron chi connectivity index (χ3n) is 6.36. The summed E-state index contributed by atoms with van der Waals surface area (Å²) in [6, 6.07) is 10.0. The van der Waals surface area contributed by atoms with E-state index in [4.69, 9.17) is 14.5 Å². The van der Waals surface area contributed by atoms with Crippen molar-refractivity contribution in [2.24, 2.45) is 10.9 Å². The van der Waals surface area contributed by atoms with E-state index in [0.717, 1.165) is 31.2 Å². The monoisotopic (exact) mass is 326 g/mol. The van der Waals surface area contributed by atoms with Gasteiger partial charge in [-0.2, -0.15) is 0 Å². The summed E-state index contributed by atoms with van der Waals surface area (Å²) in [6.07, 6.45) is 4.74. The Morgan fingerprint density at radius 3 is 2.92 bits per heavy atom. The van der Waals surface area contributed by atoms with Crippen LogP contribution in [0.4, 0.5) is 0 Å². The summed E-state index contributed by atoms with van der Waals surface area (Å²) < 4.78 is 11.8. The van der Waals surface area contributed by atoms with Crippen molar-refractivity contribution in [1.82, 2.24) is 4.90 Å². The molecule has 126 valence electrons. The highest BCUT2D eigenvalue weighted by Crippen LogP contribution is 2.57. The number of aliphatic imine (C=N–C) groups is 1. The van der Waals surface area contributed by atoms with Gasteiger partial charge in [0.2, 0.25) is 5.90 Å². The lowest BCUT2D eigenvalue weighted by Crippen LogP contribution is -2.73. The van der Waals surface area contributed by atoms with Crippen LogP contribution in [0.3, 0.4) is 0 Å². The molecule has 1 aliphatic carbocycles. The molecule has 0 N–H and O–H groups in total. The van der Waals surface area contributed by atoms with E-state index in [1.807, 2.05) is 35.2 Å². The second-order valence-corrected chi connectivity index (χ2v) is 7.47. The average Bonchev–Trinajstić information content (AvgIpc) is 3.02. The zero-order chi connectivity index (χ0) is 16.4. The number of nitrogens with zero attached hydrogens (tertiary/aromatic N) is 2. The summed E-state index contributed by atoms with van der Waals surface area (Å²) in [5, 5.41) is 0. The molecule has 1 aromatic carbocycles. The third kappa shape index (κ3) is 1.59. The van der Waals surface area contributed by atoms with E-state index in [-0.39, 0.29) is 12.1 Å². The van der Waals surface area contributed by atoms with Crippen LogP contribution in [-0.4, -0.2) is 41.5 Å². The Kier molecular flexibility index (Phi) is 2.90. The number of benzene rings is 1. The molecule has 2 spiro atoms. The predicted octanol–water partition coefficient (Wildman–Crippen LogP) is 2.67. The van der Waals surface area contributed by atoms with Gasteiger partial charge in [0.15, 0.2) is 6.23 Å². The first kappa shape index (κ1) is 14.5. The first-order valence-electron chi connectivity index (χ1n) is 8.86. The highest BCUT2D eigenvalue weighted by Gasteiger charge is 2.70. The van der Waals surface area contributed by atoms with Crippen LogP contribution in [0.25, 0.3) is 0 Å². The lowest BCUT2D eigenvalue weighted by molar-refractivity contribution is -0.159. The number of piperidine rings is 1. The Bertz CT molecular complexity index is 719. The van der Waals surface area contributed by atoms with Crippen LogP contribution in [0.1, 0.15) is 43.9 Å². The zero-order valence-electron chi connectivity index (χ0n) is 13.9. The molecule has 4 atom stereocenters. The van der Waals surface area contributed by atoms with E-state index < -0.39 is 11.1 Å². The number of hydrogen-bond donors (Lipinski definition) is 0. The van der Waals surface area contributed by atoms with Crippen LogP contribution in [-0.2, 0) is 14.3 Å². The van der Waals surface area contributed by atoms with Gasteiger partial charge in [-0.15, -0.1) is 0 Å². The van der Waals surface area contributed by atoms with Gasteiger partial charge in [-0.3, -0.25) is 9.69 Å². The minimum Gasteiger partial charge on any atom is -0.483 e. The van der Waals surface area contributed by atoms with Gasteiger partial charge in [-0.1, -0.05) is 43.2 Å². The van der Waals surface area contributed by atoms with Crippen molar-refractivity contribution >= 4 is 11.8 Å². The zero-order valence-corrected chi connectivity index (χ0v) is 13.9. The molecule has 0 aromatic heterocycles. The molecular weight excluding hydrogens is 304 g/mol. The van der Waals surface area contributed by atoms with Gasteiger partial charge in [0.25, 0.3) is 5.91 Å². The van der Waals surface area contributed by atoms with Crippen LogP contribution < -0.4 is 0 Å². The molecule has 0 radical (unpaired) electrons. The molecule has 6 rings (SSSR count). The average molecular weight is 326 g/mol. The van der Waals surface area contributed by atoms with Crippen molar-refractivity contribution in [1.29, 1.82) is 0 Å². The second kappa shape index (κ2) is 4.82. The maximum absolute atomic E-state index is 13.5. The summed E-state index contributed by atoms with van der Waals surface area (Å²) in [5.41, 5.74) is -0.114. The molecule has 24 heavy (non-hydrogen) atoms. The normalized spacial score (nSPS) is 40.1. The van der Waals surface area contributed by atoms with Crippen molar-refractivity contribution in [3.05, 3.63) is 35.9 Å². The van der Waals surface area contributed by atoms with Gasteiger partial charge >= 0.3 is 0 Å². The molecule has 3 fully saturated rings. The molecule has 1 aromatic rings. The van der Waals surface area contributed by atoms with E-state index in [0.29, 0.717) is 18.4 Å². The molecule has 5 heteroatoms. The number of ether oxygens (including phenoxy) is 2. The summed E-state index contributed by atoms with van der Waals surface area (Å²) >= 11 is 0. The first-order chi connectivity index (χ1) is 11.7. The number of carbonyl (C=O) groups excluding carboxylic acids is 1. The van der Waals surface area contributed by atoms with Gasteiger partial charge in [0.05, 0.1) is 13.7 Å². The van der Waals surface area contributed by atoms with E-state index in [1.54, 1.807) is 7.11 Å². The summed E-state index contributed by atoms with van der Waals surface area (Å²) in [6.45, 7) is 0.470. The Morgan fingerprint density at radius 2 is 2.12 bits per heavy atom. The number of hydrogen-bond acceptors (Lipinski definition) is 4. The smallest absolute Gasteiger partial charge is 0.254 e. The lowest BCUT2D eigenvalue weighted by atomic mass is 9.61. The van der Waals surface area contributed by atoms with E-state index in [9.17, 15) is 4.79 Å². The number of rotatable bonds is 1. The largest absolute Gasteiger partial charge is 0.483 e. The minimum absolute atomic E-state index is 0.144. The Labute approximate surface area is 141 Å². The maximum atomic E-state index is 13.5. The van der Waals surface area contributed by atoms with Crippen molar-refractivity contribution in [2.45, 2.75) is 49.4 Å². The SMILES string of the molecule is COC1=NC23CCCC[C@@H]2CC12CO[C@H](c1ccccc1)N2C3=O. The van der Waals surface area contributed by atoms with Crippen LogP contribution in [0.5, 0.6) is 0 Å². The second-order valence-electron chi connectivity index (χ2n) is 7.47. The van der Waals surface area contributed by atoms with Crippen molar-refractivity contribution in [3.63, 3.8) is 0 Å². The molecule has 1 saturated carbocycles. The molecule has 5 aliphatic rings. The molecule has 4 heterocycles. The number of methoxy groups -OCH3 is 1. The molecule has 2 bridgehead atoms. The quantitative estimate of drug-likeness (QED) is 0.797. The third-order valence-corrected chi connectivity index (χ3v) is 6.36. The number of carbonyl (C=O) groups is 1. The van der Waals surface area contributed by atoms with E-state index in [1.165, 1.54) is 6.42 Å². The van der Waals surface area contributed by atoms with Gasteiger partial charge in [-0.25, -0.2) is 4.99 Å². The molecule has 2 unspecified atom stereocenters. The number of amides is 1.